The first-order chi connectivity index (χ1) is 12.8. The molecule has 0 spiro atoms. The lowest BCUT2D eigenvalue weighted by Gasteiger charge is -2.06. The number of aromatic nitrogens is 6. The van der Waals surface area contributed by atoms with E-state index in [1.165, 1.54) is 12.7 Å². The highest BCUT2D eigenvalue weighted by molar-refractivity contribution is 5.90. The van der Waals surface area contributed by atoms with E-state index in [1.807, 2.05) is 54.6 Å². The second kappa shape index (κ2) is 6.98. The summed E-state index contributed by atoms with van der Waals surface area (Å²) in [6.07, 6.45) is 4.62. The average molecular weight is 345 g/mol. The van der Waals surface area contributed by atoms with E-state index in [9.17, 15) is 4.79 Å². The van der Waals surface area contributed by atoms with E-state index in [2.05, 4.69) is 25.5 Å². The Morgan fingerprint density at radius 3 is 2.62 bits per heavy atom. The molecule has 0 aliphatic heterocycles. The molecule has 1 amide bonds. The smallest absolute Gasteiger partial charge is 0.291 e. The molecule has 0 saturated heterocycles. The summed E-state index contributed by atoms with van der Waals surface area (Å²) in [6, 6.07) is 17.2. The molecular formula is C18H15N7O. The van der Waals surface area contributed by atoms with E-state index < -0.39 is 0 Å². The van der Waals surface area contributed by atoms with Gasteiger partial charge in [0, 0.05) is 6.54 Å². The third-order valence-electron chi connectivity index (χ3n) is 3.76. The van der Waals surface area contributed by atoms with E-state index in [0.717, 1.165) is 16.9 Å². The summed E-state index contributed by atoms with van der Waals surface area (Å²) in [5.74, 6) is -0.202. The van der Waals surface area contributed by atoms with Gasteiger partial charge in [-0.1, -0.05) is 30.3 Å². The van der Waals surface area contributed by atoms with Gasteiger partial charge in [0.2, 0.25) is 5.82 Å². The van der Waals surface area contributed by atoms with Crippen LogP contribution in [-0.4, -0.2) is 35.4 Å². The number of nitrogens with zero attached hydrogens (tertiary/aromatic N) is 6. The number of rotatable bonds is 5. The zero-order chi connectivity index (χ0) is 17.8. The minimum atomic E-state index is -0.328. The molecule has 4 rings (SSSR count). The Kier molecular flexibility index (Phi) is 4.21. The van der Waals surface area contributed by atoms with Gasteiger partial charge in [-0.05, 0) is 29.8 Å². The number of hydrogen-bond acceptors (Lipinski definition) is 5. The summed E-state index contributed by atoms with van der Waals surface area (Å²) < 4.78 is 3.23. The van der Waals surface area contributed by atoms with Crippen LogP contribution >= 0.6 is 0 Å². The van der Waals surface area contributed by atoms with Crippen LogP contribution < -0.4 is 5.32 Å². The fourth-order valence-electron chi connectivity index (χ4n) is 2.48. The minimum absolute atomic E-state index is 0.126. The highest BCUT2D eigenvalue weighted by Gasteiger charge is 2.12. The van der Waals surface area contributed by atoms with Crippen molar-refractivity contribution in [1.29, 1.82) is 0 Å². The molecular weight excluding hydrogens is 330 g/mol. The van der Waals surface area contributed by atoms with Crippen LogP contribution in [0.3, 0.4) is 0 Å². The first-order valence-corrected chi connectivity index (χ1v) is 7.99. The number of benzene rings is 2. The van der Waals surface area contributed by atoms with Gasteiger partial charge in [-0.2, -0.15) is 5.10 Å². The molecule has 8 heteroatoms. The Hall–Kier alpha value is -3.81. The van der Waals surface area contributed by atoms with Crippen LogP contribution in [0.5, 0.6) is 0 Å². The van der Waals surface area contributed by atoms with Crippen molar-refractivity contribution in [2.75, 3.05) is 0 Å². The van der Waals surface area contributed by atoms with Gasteiger partial charge in [-0.3, -0.25) is 4.79 Å². The maximum absolute atomic E-state index is 12.3. The fraction of sp³-hybridized carbons (Fsp3) is 0.0556. The first kappa shape index (κ1) is 15.7. The molecule has 2 aromatic heterocycles. The lowest BCUT2D eigenvalue weighted by atomic mass is 10.2. The zero-order valence-corrected chi connectivity index (χ0v) is 13.7. The summed E-state index contributed by atoms with van der Waals surface area (Å²) in [7, 11) is 0. The van der Waals surface area contributed by atoms with Crippen LogP contribution in [0.4, 0.5) is 0 Å². The first-order valence-electron chi connectivity index (χ1n) is 7.99. The van der Waals surface area contributed by atoms with Crippen molar-refractivity contribution in [3.05, 3.63) is 85.0 Å². The molecule has 1 N–H and O–H groups in total. The molecule has 26 heavy (non-hydrogen) atoms. The summed E-state index contributed by atoms with van der Waals surface area (Å²) >= 11 is 0. The Bertz CT molecular complexity index is 1010. The van der Waals surface area contributed by atoms with Crippen LogP contribution in [0.1, 0.15) is 16.2 Å². The molecule has 128 valence electrons. The number of carbonyl (C=O) groups excluding carboxylic acids is 1. The van der Waals surface area contributed by atoms with E-state index in [1.54, 1.807) is 15.7 Å². The zero-order valence-electron chi connectivity index (χ0n) is 13.7. The molecule has 0 aliphatic rings. The summed E-state index contributed by atoms with van der Waals surface area (Å²) in [6.45, 7) is 0.362. The Labute approximate surface area is 149 Å². The van der Waals surface area contributed by atoms with Crippen LogP contribution in [0.2, 0.25) is 0 Å². The Balaban J connectivity index is 1.43. The molecule has 0 atom stereocenters. The standard InChI is InChI=1S/C18H15N7O/c26-18(17-21-13-25(23-17)15-6-2-1-3-7-15)20-10-14-5-4-8-16(9-14)24-12-19-11-22-24/h1-9,11-13H,10H2,(H,20,26). The van der Waals surface area contributed by atoms with Crippen molar-refractivity contribution in [2.24, 2.45) is 0 Å². The number of amides is 1. The number of carbonyl (C=O) groups is 1. The number of nitrogens with one attached hydrogen (secondary N) is 1. The lowest BCUT2D eigenvalue weighted by molar-refractivity contribution is 0.0940. The molecule has 0 unspecified atom stereocenters. The van der Waals surface area contributed by atoms with Crippen molar-refractivity contribution in [1.82, 2.24) is 34.8 Å². The minimum Gasteiger partial charge on any atom is -0.345 e. The third kappa shape index (κ3) is 3.34. The molecule has 4 aromatic rings. The van der Waals surface area contributed by atoms with Gasteiger partial charge in [0.1, 0.15) is 19.0 Å². The monoisotopic (exact) mass is 345 g/mol. The number of para-hydroxylation sites is 1. The maximum atomic E-state index is 12.3. The van der Waals surface area contributed by atoms with Crippen LogP contribution in [-0.2, 0) is 6.54 Å². The van der Waals surface area contributed by atoms with Crippen molar-refractivity contribution >= 4 is 5.91 Å². The van der Waals surface area contributed by atoms with Crippen LogP contribution in [0.25, 0.3) is 11.4 Å². The van der Waals surface area contributed by atoms with E-state index in [0.29, 0.717) is 6.54 Å². The molecule has 0 aliphatic carbocycles. The second-order valence-electron chi connectivity index (χ2n) is 5.54. The van der Waals surface area contributed by atoms with Crippen LogP contribution in [0.15, 0.2) is 73.6 Å². The van der Waals surface area contributed by atoms with Gasteiger partial charge in [0.05, 0.1) is 11.4 Å². The molecule has 0 radical (unpaired) electrons. The third-order valence-corrected chi connectivity index (χ3v) is 3.76. The molecule has 0 fully saturated rings. The van der Waals surface area contributed by atoms with Crippen molar-refractivity contribution in [3.8, 4) is 11.4 Å². The van der Waals surface area contributed by atoms with Gasteiger partial charge in [0.25, 0.3) is 5.91 Å². The summed E-state index contributed by atoms with van der Waals surface area (Å²) in [5.41, 5.74) is 2.66. The van der Waals surface area contributed by atoms with Crippen molar-refractivity contribution < 1.29 is 4.79 Å². The van der Waals surface area contributed by atoms with Crippen molar-refractivity contribution in [2.45, 2.75) is 6.54 Å². The predicted octanol–water partition coefficient (Wildman–Crippen LogP) is 1.78. The highest BCUT2D eigenvalue weighted by Crippen LogP contribution is 2.09. The second-order valence-corrected chi connectivity index (χ2v) is 5.54. The molecule has 8 nitrogen and oxygen atoms in total. The van der Waals surface area contributed by atoms with Crippen LogP contribution in [0, 0.1) is 0 Å². The number of hydrogen-bond donors (Lipinski definition) is 1. The molecule has 0 bridgehead atoms. The Morgan fingerprint density at radius 2 is 1.81 bits per heavy atom. The van der Waals surface area contributed by atoms with Crippen molar-refractivity contribution in [3.63, 3.8) is 0 Å². The van der Waals surface area contributed by atoms with Gasteiger partial charge in [0.15, 0.2) is 0 Å². The van der Waals surface area contributed by atoms with Gasteiger partial charge < -0.3 is 5.32 Å². The van der Waals surface area contributed by atoms with E-state index >= 15 is 0 Å². The average Bonchev–Trinajstić information content (AvgIpc) is 3.39. The maximum Gasteiger partial charge on any atom is 0.291 e. The normalized spacial score (nSPS) is 10.6. The van der Waals surface area contributed by atoms with Gasteiger partial charge >= 0.3 is 0 Å². The molecule has 0 saturated carbocycles. The topological polar surface area (TPSA) is 90.5 Å². The van der Waals surface area contributed by atoms with Gasteiger partial charge in [-0.25, -0.2) is 19.3 Å². The predicted molar refractivity (Wildman–Crippen MR) is 93.9 cm³/mol. The lowest BCUT2D eigenvalue weighted by Crippen LogP contribution is -2.24. The fourth-order valence-corrected chi connectivity index (χ4v) is 2.48. The molecule has 2 heterocycles. The summed E-state index contributed by atoms with van der Waals surface area (Å²) in [5, 5.41) is 11.1. The summed E-state index contributed by atoms with van der Waals surface area (Å²) in [4.78, 5) is 20.3. The quantitative estimate of drug-likeness (QED) is 0.595. The molecule has 2 aromatic carbocycles. The van der Waals surface area contributed by atoms with E-state index in [4.69, 9.17) is 0 Å². The SMILES string of the molecule is O=C(NCc1cccc(-n2cncn2)c1)c1ncn(-c2ccccc2)n1. The Morgan fingerprint density at radius 1 is 0.962 bits per heavy atom. The highest BCUT2D eigenvalue weighted by atomic mass is 16.2. The largest absolute Gasteiger partial charge is 0.345 e. The van der Waals surface area contributed by atoms with Gasteiger partial charge in [-0.15, -0.1) is 5.10 Å². The van der Waals surface area contributed by atoms with E-state index in [-0.39, 0.29) is 11.7 Å².